The summed E-state index contributed by atoms with van der Waals surface area (Å²) in [4.78, 5) is 0. The first-order valence-electron chi connectivity index (χ1n) is 4.39. The van der Waals surface area contributed by atoms with Crippen LogP contribution < -0.4 is 5.32 Å². The Kier molecular flexibility index (Phi) is 6.40. The van der Waals surface area contributed by atoms with Crippen molar-refractivity contribution in [3.05, 3.63) is 0 Å². The maximum Gasteiger partial charge on any atom is 0.0845 e. The molecule has 0 aliphatic rings. The van der Waals surface area contributed by atoms with Crippen molar-refractivity contribution in [2.75, 3.05) is 6.54 Å². The fraction of sp³-hybridized carbons (Fsp3) is 0.900. The first-order chi connectivity index (χ1) is 5.27. The van der Waals surface area contributed by atoms with E-state index in [2.05, 4.69) is 46.0 Å². The van der Waals surface area contributed by atoms with Crippen LogP contribution in [0.5, 0.6) is 0 Å². The van der Waals surface area contributed by atoms with E-state index in [1.807, 2.05) is 0 Å². The Morgan fingerprint density at radius 2 is 1.62 bits per heavy atom. The predicted molar refractivity (Wildman–Crippen MR) is 59.0 cm³/mol. The summed E-state index contributed by atoms with van der Waals surface area (Å²) in [5.41, 5.74) is 0.375. The summed E-state index contributed by atoms with van der Waals surface area (Å²) in [6, 6.07) is 2.10. The number of hydrogen-bond acceptors (Lipinski definition) is 2. The highest BCUT2D eigenvalue weighted by Gasteiger charge is 2.24. The molecule has 78 valence electrons. The van der Waals surface area contributed by atoms with Gasteiger partial charge in [-0.25, -0.2) is 0 Å². The van der Waals surface area contributed by atoms with Crippen LogP contribution in [0.25, 0.3) is 0 Å². The zero-order chi connectivity index (χ0) is 9.83. The van der Waals surface area contributed by atoms with E-state index < -0.39 is 0 Å². The zero-order valence-electron chi connectivity index (χ0n) is 9.27. The lowest BCUT2D eigenvalue weighted by Gasteiger charge is -2.32. The maximum absolute atomic E-state index is 8.42. The molecular weight excluding hydrogens is 184 g/mol. The van der Waals surface area contributed by atoms with Crippen LogP contribution in [-0.2, 0) is 0 Å². The molecular formula is C10H21ClN2. The van der Waals surface area contributed by atoms with E-state index in [4.69, 9.17) is 5.26 Å². The van der Waals surface area contributed by atoms with Gasteiger partial charge in [-0.3, -0.25) is 5.32 Å². The minimum Gasteiger partial charge on any atom is -0.299 e. The lowest BCUT2D eigenvalue weighted by Crippen LogP contribution is -2.42. The third-order valence-corrected chi connectivity index (χ3v) is 1.62. The first-order valence-corrected chi connectivity index (χ1v) is 4.39. The first kappa shape index (κ1) is 15.2. The third-order valence-electron chi connectivity index (χ3n) is 1.62. The molecule has 3 heteroatoms. The smallest absolute Gasteiger partial charge is 0.0845 e. The summed E-state index contributed by atoms with van der Waals surface area (Å²) in [6.45, 7) is 11.3. The molecule has 0 unspecified atom stereocenters. The van der Waals surface area contributed by atoms with E-state index in [9.17, 15) is 0 Å². The van der Waals surface area contributed by atoms with Crippen LogP contribution in [0.1, 0.15) is 41.0 Å². The second-order valence-corrected chi connectivity index (χ2v) is 5.13. The van der Waals surface area contributed by atoms with Gasteiger partial charge in [-0.1, -0.05) is 20.8 Å². The van der Waals surface area contributed by atoms with Gasteiger partial charge in [0, 0.05) is 5.54 Å². The van der Waals surface area contributed by atoms with Crippen molar-refractivity contribution in [2.24, 2.45) is 5.41 Å². The average Bonchev–Trinajstić information content (AvgIpc) is 1.78. The largest absolute Gasteiger partial charge is 0.299 e. The van der Waals surface area contributed by atoms with Gasteiger partial charge in [-0.15, -0.1) is 12.4 Å². The summed E-state index contributed by atoms with van der Waals surface area (Å²) >= 11 is 0. The molecule has 0 amide bonds. The number of nitrogens with zero attached hydrogens (tertiary/aromatic N) is 1. The highest BCUT2D eigenvalue weighted by atomic mass is 35.5. The van der Waals surface area contributed by atoms with E-state index >= 15 is 0 Å². The summed E-state index contributed by atoms with van der Waals surface area (Å²) in [6.07, 6.45) is 1.07. The number of nitriles is 1. The van der Waals surface area contributed by atoms with Crippen molar-refractivity contribution in [2.45, 2.75) is 46.6 Å². The molecule has 0 aliphatic heterocycles. The van der Waals surface area contributed by atoms with Gasteiger partial charge in [-0.05, 0) is 25.7 Å². The molecule has 0 atom stereocenters. The fourth-order valence-electron chi connectivity index (χ4n) is 1.67. The standard InChI is InChI=1S/C10H20N2.ClH/c1-9(2,3)8-10(4,5)12-7-6-11;/h12H,7-8H2,1-5H3;1H. The molecule has 0 bridgehead atoms. The fourth-order valence-corrected chi connectivity index (χ4v) is 1.67. The molecule has 13 heavy (non-hydrogen) atoms. The Morgan fingerprint density at radius 1 is 1.15 bits per heavy atom. The Morgan fingerprint density at radius 3 is 1.92 bits per heavy atom. The number of nitrogens with one attached hydrogen (secondary N) is 1. The topological polar surface area (TPSA) is 35.8 Å². The highest BCUT2D eigenvalue weighted by molar-refractivity contribution is 5.85. The second kappa shape index (κ2) is 5.47. The lowest BCUT2D eigenvalue weighted by molar-refractivity contribution is 0.249. The minimum absolute atomic E-state index is 0. The van der Waals surface area contributed by atoms with E-state index in [1.165, 1.54) is 0 Å². The molecule has 0 fully saturated rings. The monoisotopic (exact) mass is 204 g/mol. The van der Waals surface area contributed by atoms with Crippen LogP contribution in [0.15, 0.2) is 0 Å². The summed E-state index contributed by atoms with van der Waals surface area (Å²) < 4.78 is 0. The molecule has 0 spiro atoms. The minimum atomic E-state index is 0. The van der Waals surface area contributed by atoms with Crippen LogP contribution in [-0.4, -0.2) is 12.1 Å². The molecule has 0 radical (unpaired) electrons. The van der Waals surface area contributed by atoms with Gasteiger partial charge in [0.1, 0.15) is 0 Å². The van der Waals surface area contributed by atoms with E-state index in [0.717, 1.165) is 6.42 Å². The SMILES string of the molecule is CC(C)(C)CC(C)(C)NCC#N.Cl. The molecule has 1 N–H and O–H groups in total. The molecule has 0 aromatic rings. The van der Waals surface area contributed by atoms with Crippen LogP contribution in [0.4, 0.5) is 0 Å². The van der Waals surface area contributed by atoms with Gasteiger partial charge in [0.2, 0.25) is 0 Å². The number of hydrogen-bond donors (Lipinski definition) is 1. The summed E-state index contributed by atoms with van der Waals surface area (Å²) in [5, 5.41) is 11.6. The van der Waals surface area contributed by atoms with Gasteiger partial charge in [-0.2, -0.15) is 5.26 Å². The van der Waals surface area contributed by atoms with Crippen LogP contribution in [0.2, 0.25) is 0 Å². The Hall–Kier alpha value is -0.260. The summed E-state index contributed by atoms with van der Waals surface area (Å²) in [5.74, 6) is 0. The van der Waals surface area contributed by atoms with Crippen molar-refractivity contribution < 1.29 is 0 Å². The van der Waals surface area contributed by atoms with Crippen molar-refractivity contribution in [3.63, 3.8) is 0 Å². The molecule has 0 aliphatic carbocycles. The van der Waals surface area contributed by atoms with Crippen LogP contribution in [0, 0.1) is 16.7 Å². The van der Waals surface area contributed by atoms with Gasteiger partial charge in [0.05, 0.1) is 12.6 Å². The predicted octanol–water partition coefficient (Wildman–Crippen LogP) is 2.74. The van der Waals surface area contributed by atoms with Gasteiger partial charge in [0.15, 0.2) is 0 Å². The highest BCUT2D eigenvalue weighted by Crippen LogP contribution is 2.26. The van der Waals surface area contributed by atoms with Gasteiger partial charge >= 0.3 is 0 Å². The van der Waals surface area contributed by atoms with E-state index in [0.29, 0.717) is 12.0 Å². The van der Waals surface area contributed by atoms with Crippen LogP contribution in [0.3, 0.4) is 0 Å². The Balaban J connectivity index is 0. The third kappa shape index (κ3) is 9.66. The zero-order valence-corrected chi connectivity index (χ0v) is 10.1. The maximum atomic E-state index is 8.42. The molecule has 0 aromatic heterocycles. The van der Waals surface area contributed by atoms with E-state index in [1.54, 1.807) is 0 Å². The normalized spacial score (nSPS) is 11.7. The molecule has 0 aromatic carbocycles. The Bertz CT molecular complexity index is 174. The van der Waals surface area contributed by atoms with Gasteiger partial charge in [0.25, 0.3) is 0 Å². The molecule has 0 rings (SSSR count). The Labute approximate surface area is 88.1 Å². The van der Waals surface area contributed by atoms with Crippen molar-refractivity contribution in [1.29, 1.82) is 5.26 Å². The summed E-state index contributed by atoms with van der Waals surface area (Å²) in [7, 11) is 0. The number of rotatable bonds is 3. The molecule has 2 nitrogen and oxygen atoms in total. The molecule has 0 heterocycles. The van der Waals surface area contributed by atoms with E-state index in [-0.39, 0.29) is 17.9 Å². The molecule has 0 saturated carbocycles. The molecule has 0 saturated heterocycles. The van der Waals surface area contributed by atoms with Crippen LogP contribution >= 0.6 is 12.4 Å². The second-order valence-electron chi connectivity index (χ2n) is 5.13. The van der Waals surface area contributed by atoms with Crippen molar-refractivity contribution >= 4 is 12.4 Å². The quantitative estimate of drug-likeness (QED) is 0.718. The van der Waals surface area contributed by atoms with Gasteiger partial charge < -0.3 is 0 Å². The average molecular weight is 205 g/mol. The van der Waals surface area contributed by atoms with Crippen molar-refractivity contribution in [1.82, 2.24) is 5.32 Å². The number of halogens is 1. The lowest BCUT2D eigenvalue weighted by atomic mass is 9.82. The van der Waals surface area contributed by atoms with Crippen molar-refractivity contribution in [3.8, 4) is 6.07 Å².